The molecule has 3 aromatic rings. The lowest BCUT2D eigenvalue weighted by Crippen LogP contribution is -2.09. The van der Waals surface area contributed by atoms with E-state index in [-0.39, 0.29) is 12.6 Å². The number of nitrogens with zero attached hydrogens (tertiary/aromatic N) is 2. The third-order valence-electron chi connectivity index (χ3n) is 5.16. The largest absolute Gasteiger partial charge is 0.497 e. The van der Waals surface area contributed by atoms with Gasteiger partial charge in [-0.2, -0.15) is 5.10 Å². The summed E-state index contributed by atoms with van der Waals surface area (Å²) in [6.07, 6.45) is 1.02. The van der Waals surface area contributed by atoms with Gasteiger partial charge in [-0.25, -0.2) is 0 Å². The molecule has 1 heterocycles. The van der Waals surface area contributed by atoms with Crippen molar-refractivity contribution >= 4 is 16.7 Å². The van der Waals surface area contributed by atoms with E-state index >= 15 is 0 Å². The van der Waals surface area contributed by atoms with Gasteiger partial charge in [0.2, 0.25) is 0 Å². The second-order valence-electron chi connectivity index (χ2n) is 7.93. The Labute approximate surface area is 172 Å². The number of methoxy groups -OCH3 is 1. The van der Waals surface area contributed by atoms with E-state index in [4.69, 9.17) is 9.47 Å². The van der Waals surface area contributed by atoms with Crippen LogP contribution in [0.2, 0.25) is 0 Å². The van der Waals surface area contributed by atoms with Gasteiger partial charge < -0.3 is 9.47 Å². The maximum Gasteiger partial charge on any atom is 0.306 e. The number of aryl methyl sites for hydroxylation is 1. The summed E-state index contributed by atoms with van der Waals surface area (Å²) in [4.78, 5) is 12.3. The Morgan fingerprint density at radius 3 is 2.55 bits per heavy atom. The number of ether oxygens (including phenoxy) is 2. The second kappa shape index (κ2) is 9.12. The quantitative estimate of drug-likeness (QED) is 0.505. The smallest absolute Gasteiger partial charge is 0.306 e. The Morgan fingerprint density at radius 2 is 1.83 bits per heavy atom. The molecule has 0 atom stereocenters. The number of rotatable bonds is 8. The van der Waals surface area contributed by atoms with Gasteiger partial charge in [0.25, 0.3) is 0 Å². The summed E-state index contributed by atoms with van der Waals surface area (Å²) in [5.74, 6) is 1.18. The van der Waals surface area contributed by atoms with Crippen LogP contribution in [0.5, 0.6) is 5.75 Å². The zero-order valence-corrected chi connectivity index (χ0v) is 18.0. The normalized spacial score (nSPS) is 11.2. The van der Waals surface area contributed by atoms with Crippen LogP contribution in [0.15, 0.2) is 36.4 Å². The molecule has 0 amide bonds. The number of aromatic nitrogens is 2. The lowest BCUT2D eigenvalue weighted by atomic mass is 10.1. The van der Waals surface area contributed by atoms with E-state index in [1.807, 2.05) is 48.0 Å². The van der Waals surface area contributed by atoms with Crippen molar-refractivity contribution in [2.24, 2.45) is 5.92 Å². The number of esters is 1. The summed E-state index contributed by atoms with van der Waals surface area (Å²) in [5.41, 5.74) is 4.28. The van der Waals surface area contributed by atoms with Crippen LogP contribution in [0, 0.1) is 19.8 Å². The first kappa shape index (κ1) is 20.9. The maximum atomic E-state index is 12.3. The molecule has 154 valence electrons. The standard InChI is InChI=1S/C24H30N2O3/c1-16(2)14-26-18(4)23(17(3)25-26)10-11-24(27)29-15-19-6-7-21-13-22(28-5)9-8-20(21)12-19/h6-9,12-13,16H,10-11,14-15H2,1-5H3. The molecule has 0 spiro atoms. The van der Waals surface area contributed by atoms with Crippen molar-refractivity contribution in [1.82, 2.24) is 9.78 Å². The van der Waals surface area contributed by atoms with Crippen LogP contribution in [0.1, 0.15) is 42.8 Å². The zero-order valence-electron chi connectivity index (χ0n) is 18.0. The van der Waals surface area contributed by atoms with Crippen molar-refractivity contribution in [3.05, 3.63) is 58.9 Å². The van der Waals surface area contributed by atoms with Crippen LogP contribution in [0.25, 0.3) is 10.8 Å². The molecule has 29 heavy (non-hydrogen) atoms. The SMILES string of the molecule is COc1ccc2cc(COC(=O)CCc3c(C)nn(CC(C)C)c3C)ccc2c1. The highest BCUT2D eigenvalue weighted by molar-refractivity contribution is 5.84. The first-order valence-electron chi connectivity index (χ1n) is 10.1. The fourth-order valence-corrected chi connectivity index (χ4v) is 3.57. The van der Waals surface area contributed by atoms with Gasteiger partial charge in [-0.1, -0.05) is 32.0 Å². The molecule has 0 unspecified atom stereocenters. The average molecular weight is 395 g/mol. The number of carbonyl (C=O) groups is 1. The van der Waals surface area contributed by atoms with Gasteiger partial charge in [0.15, 0.2) is 0 Å². The summed E-state index contributed by atoms with van der Waals surface area (Å²) < 4.78 is 12.8. The Bertz CT molecular complexity index is 1000. The van der Waals surface area contributed by atoms with Gasteiger partial charge in [-0.3, -0.25) is 9.48 Å². The van der Waals surface area contributed by atoms with Gasteiger partial charge in [0.05, 0.1) is 12.8 Å². The molecule has 5 heteroatoms. The predicted octanol–water partition coefficient (Wildman–Crippen LogP) is 4.99. The molecule has 0 N–H and O–H groups in total. The molecule has 1 aromatic heterocycles. The van der Waals surface area contributed by atoms with Crippen LogP contribution < -0.4 is 4.74 Å². The first-order chi connectivity index (χ1) is 13.9. The number of carbonyl (C=O) groups excluding carboxylic acids is 1. The monoisotopic (exact) mass is 394 g/mol. The molecular formula is C24H30N2O3. The summed E-state index contributed by atoms with van der Waals surface area (Å²) in [7, 11) is 1.66. The average Bonchev–Trinajstić information content (AvgIpc) is 2.96. The van der Waals surface area contributed by atoms with Gasteiger partial charge in [-0.05, 0) is 66.3 Å². The number of benzene rings is 2. The minimum Gasteiger partial charge on any atom is -0.497 e. The van der Waals surface area contributed by atoms with E-state index < -0.39 is 0 Å². The van der Waals surface area contributed by atoms with Crippen molar-refractivity contribution < 1.29 is 14.3 Å². The predicted molar refractivity (Wildman–Crippen MR) is 115 cm³/mol. The topological polar surface area (TPSA) is 53.4 Å². The van der Waals surface area contributed by atoms with Crippen LogP contribution in [0.3, 0.4) is 0 Å². The molecule has 0 bridgehead atoms. The van der Waals surface area contributed by atoms with E-state index in [2.05, 4.69) is 25.9 Å². The third-order valence-corrected chi connectivity index (χ3v) is 5.16. The molecule has 2 aromatic carbocycles. The van der Waals surface area contributed by atoms with E-state index in [1.54, 1.807) is 7.11 Å². The molecule has 0 aliphatic carbocycles. The Balaban J connectivity index is 1.56. The Hall–Kier alpha value is -2.82. The number of fused-ring (bicyclic) bond motifs is 1. The molecule has 0 saturated carbocycles. The maximum absolute atomic E-state index is 12.3. The minimum absolute atomic E-state index is 0.185. The number of hydrogen-bond donors (Lipinski definition) is 0. The van der Waals surface area contributed by atoms with Crippen LogP contribution in [-0.4, -0.2) is 22.9 Å². The molecule has 0 aliphatic heterocycles. The fraction of sp³-hybridized carbons (Fsp3) is 0.417. The summed E-state index contributed by atoms with van der Waals surface area (Å²) in [6.45, 7) is 9.62. The van der Waals surface area contributed by atoms with E-state index in [0.717, 1.165) is 45.6 Å². The van der Waals surface area contributed by atoms with Gasteiger partial charge in [0.1, 0.15) is 12.4 Å². The van der Waals surface area contributed by atoms with Gasteiger partial charge >= 0.3 is 5.97 Å². The highest BCUT2D eigenvalue weighted by Crippen LogP contribution is 2.22. The lowest BCUT2D eigenvalue weighted by Gasteiger charge is -2.09. The van der Waals surface area contributed by atoms with E-state index in [1.165, 1.54) is 0 Å². The summed E-state index contributed by atoms with van der Waals surface area (Å²) in [6, 6.07) is 12.0. The first-order valence-corrected chi connectivity index (χ1v) is 10.1. The highest BCUT2D eigenvalue weighted by Gasteiger charge is 2.14. The van der Waals surface area contributed by atoms with Crippen LogP contribution in [-0.2, 0) is 29.1 Å². The fourth-order valence-electron chi connectivity index (χ4n) is 3.57. The van der Waals surface area contributed by atoms with Crippen molar-refractivity contribution in [3.8, 4) is 5.75 Å². The van der Waals surface area contributed by atoms with Crippen LogP contribution in [0.4, 0.5) is 0 Å². The molecule has 0 aliphatic rings. The molecule has 5 nitrogen and oxygen atoms in total. The minimum atomic E-state index is -0.185. The summed E-state index contributed by atoms with van der Waals surface area (Å²) in [5, 5.41) is 6.82. The van der Waals surface area contributed by atoms with E-state index in [0.29, 0.717) is 18.8 Å². The second-order valence-corrected chi connectivity index (χ2v) is 7.93. The molecule has 0 fully saturated rings. The zero-order chi connectivity index (χ0) is 21.0. The van der Waals surface area contributed by atoms with Crippen LogP contribution >= 0.6 is 0 Å². The van der Waals surface area contributed by atoms with Crippen molar-refractivity contribution in [3.63, 3.8) is 0 Å². The Kier molecular flexibility index (Phi) is 6.57. The molecule has 3 rings (SSSR count). The molecule has 0 saturated heterocycles. The van der Waals surface area contributed by atoms with Crippen molar-refractivity contribution in [2.75, 3.05) is 7.11 Å². The highest BCUT2D eigenvalue weighted by atomic mass is 16.5. The van der Waals surface area contributed by atoms with Crippen molar-refractivity contribution in [2.45, 2.75) is 53.7 Å². The summed E-state index contributed by atoms with van der Waals surface area (Å²) >= 11 is 0. The molecule has 0 radical (unpaired) electrons. The third kappa shape index (κ3) is 5.17. The van der Waals surface area contributed by atoms with Gasteiger partial charge in [0, 0.05) is 18.7 Å². The number of hydrogen-bond acceptors (Lipinski definition) is 4. The van der Waals surface area contributed by atoms with Crippen molar-refractivity contribution in [1.29, 1.82) is 0 Å². The lowest BCUT2D eigenvalue weighted by molar-refractivity contribution is -0.144. The van der Waals surface area contributed by atoms with Gasteiger partial charge in [-0.15, -0.1) is 0 Å². The van der Waals surface area contributed by atoms with E-state index in [9.17, 15) is 4.79 Å². The Morgan fingerprint density at radius 1 is 1.10 bits per heavy atom. The molecular weight excluding hydrogens is 364 g/mol.